The number of hydrogen-bond donors (Lipinski definition) is 1. The Hall–Kier alpha value is -2.73. The van der Waals surface area contributed by atoms with Gasteiger partial charge in [-0.15, -0.1) is 0 Å². The highest BCUT2D eigenvalue weighted by atomic mass is 16.2. The maximum Gasteiger partial charge on any atom is 0.274 e. The van der Waals surface area contributed by atoms with Crippen molar-refractivity contribution in [2.75, 3.05) is 38.5 Å². The molecule has 1 fully saturated rings. The number of anilines is 1. The van der Waals surface area contributed by atoms with Crippen LogP contribution in [0.1, 0.15) is 33.3 Å². The Balaban J connectivity index is 1.69. The van der Waals surface area contributed by atoms with Crippen molar-refractivity contribution in [3.8, 4) is 0 Å². The van der Waals surface area contributed by atoms with Crippen molar-refractivity contribution in [3.05, 3.63) is 59.4 Å². The Morgan fingerprint density at radius 2 is 1.77 bits per heavy atom. The molecular weight excluding hydrogens is 328 g/mol. The standard InChI is InChI=1S/C20H24N4O2/c1-3-15-4-6-17(7-5-15)22-19(25)18-14-16(8-9-21-18)20(26)24-12-10-23(2)11-13-24/h4-9,14H,3,10-13H2,1-2H3,(H,22,25). The number of nitrogens with zero attached hydrogens (tertiary/aromatic N) is 3. The lowest BCUT2D eigenvalue weighted by Crippen LogP contribution is -2.47. The molecule has 0 aliphatic carbocycles. The molecule has 0 unspecified atom stereocenters. The van der Waals surface area contributed by atoms with Crippen LogP contribution in [0.5, 0.6) is 0 Å². The number of carbonyl (C=O) groups is 2. The van der Waals surface area contributed by atoms with Crippen molar-refractivity contribution >= 4 is 17.5 Å². The molecule has 1 aromatic carbocycles. The van der Waals surface area contributed by atoms with E-state index in [1.807, 2.05) is 36.2 Å². The van der Waals surface area contributed by atoms with E-state index in [2.05, 4.69) is 22.1 Å². The fourth-order valence-corrected chi connectivity index (χ4v) is 2.90. The van der Waals surface area contributed by atoms with Crippen molar-refractivity contribution < 1.29 is 9.59 Å². The van der Waals surface area contributed by atoms with Crippen molar-refractivity contribution in [1.29, 1.82) is 0 Å². The maximum atomic E-state index is 12.7. The number of amides is 2. The maximum absolute atomic E-state index is 12.7. The summed E-state index contributed by atoms with van der Waals surface area (Å²) in [5, 5.41) is 2.83. The number of rotatable bonds is 4. The van der Waals surface area contributed by atoms with E-state index in [0.717, 1.165) is 19.5 Å². The monoisotopic (exact) mass is 352 g/mol. The van der Waals surface area contributed by atoms with Crippen LogP contribution in [0.4, 0.5) is 5.69 Å². The molecule has 1 saturated heterocycles. The third kappa shape index (κ3) is 4.26. The van der Waals surface area contributed by atoms with Gasteiger partial charge in [0.25, 0.3) is 11.8 Å². The van der Waals surface area contributed by atoms with Crippen LogP contribution in [-0.2, 0) is 6.42 Å². The lowest BCUT2D eigenvalue weighted by atomic mass is 10.1. The summed E-state index contributed by atoms with van der Waals surface area (Å²) in [6.07, 6.45) is 2.46. The molecule has 1 aliphatic rings. The minimum Gasteiger partial charge on any atom is -0.336 e. The first kappa shape index (κ1) is 18.1. The van der Waals surface area contributed by atoms with Crippen molar-refractivity contribution in [2.24, 2.45) is 0 Å². The topological polar surface area (TPSA) is 65.5 Å². The lowest BCUT2D eigenvalue weighted by molar-refractivity contribution is 0.0664. The van der Waals surface area contributed by atoms with Gasteiger partial charge in [-0.3, -0.25) is 14.6 Å². The molecule has 2 heterocycles. The largest absolute Gasteiger partial charge is 0.336 e. The number of likely N-dealkylation sites (N-methyl/N-ethyl adjacent to an activating group) is 1. The van der Waals surface area contributed by atoms with Crippen LogP contribution in [0.3, 0.4) is 0 Å². The number of benzene rings is 1. The number of nitrogens with one attached hydrogen (secondary N) is 1. The molecule has 1 N–H and O–H groups in total. The minimum absolute atomic E-state index is 0.0538. The third-order valence-electron chi connectivity index (χ3n) is 4.65. The first-order valence-corrected chi connectivity index (χ1v) is 8.91. The van der Waals surface area contributed by atoms with Gasteiger partial charge in [-0.1, -0.05) is 19.1 Å². The highest BCUT2D eigenvalue weighted by Gasteiger charge is 2.21. The molecule has 0 radical (unpaired) electrons. The predicted octanol–water partition coefficient (Wildman–Crippen LogP) is 2.28. The summed E-state index contributed by atoms with van der Waals surface area (Å²) >= 11 is 0. The summed E-state index contributed by atoms with van der Waals surface area (Å²) in [5.74, 6) is -0.371. The highest BCUT2D eigenvalue weighted by Crippen LogP contribution is 2.13. The van der Waals surface area contributed by atoms with Crippen LogP contribution >= 0.6 is 0 Å². The Kier molecular flexibility index (Phi) is 5.63. The first-order chi connectivity index (χ1) is 12.6. The van der Waals surface area contributed by atoms with Gasteiger partial charge in [0.2, 0.25) is 0 Å². The average Bonchev–Trinajstić information content (AvgIpc) is 2.68. The summed E-state index contributed by atoms with van der Waals surface area (Å²) in [5.41, 5.74) is 2.66. The van der Waals surface area contributed by atoms with E-state index >= 15 is 0 Å². The van der Waals surface area contributed by atoms with Crippen LogP contribution in [0.25, 0.3) is 0 Å². The van der Waals surface area contributed by atoms with Crippen molar-refractivity contribution in [3.63, 3.8) is 0 Å². The highest BCUT2D eigenvalue weighted by molar-refractivity contribution is 6.04. The van der Waals surface area contributed by atoms with Crippen molar-refractivity contribution in [1.82, 2.24) is 14.8 Å². The number of aryl methyl sites for hydroxylation is 1. The van der Waals surface area contributed by atoms with E-state index in [1.54, 1.807) is 12.1 Å². The minimum atomic E-state index is -0.317. The summed E-state index contributed by atoms with van der Waals surface area (Å²) in [6, 6.07) is 10.9. The molecule has 1 aliphatic heterocycles. The average molecular weight is 352 g/mol. The zero-order valence-corrected chi connectivity index (χ0v) is 15.2. The molecule has 6 heteroatoms. The number of hydrogen-bond acceptors (Lipinski definition) is 4. The van der Waals surface area contributed by atoms with Gasteiger partial charge in [0.1, 0.15) is 5.69 Å². The molecule has 6 nitrogen and oxygen atoms in total. The van der Waals surface area contributed by atoms with Gasteiger partial charge >= 0.3 is 0 Å². The SMILES string of the molecule is CCc1ccc(NC(=O)c2cc(C(=O)N3CCN(C)CC3)ccn2)cc1. The van der Waals surface area contributed by atoms with E-state index in [9.17, 15) is 9.59 Å². The molecule has 0 saturated carbocycles. The van der Waals surface area contributed by atoms with E-state index in [-0.39, 0.29) is 17.5 Å². The van der Waals surface area contributed by atoms with Gasteiger partial charge in [0.15, 0.2) is 0 Å². The molecule has 1 aromatic heterocycles. The van der Waals surface area contributed by atoms with Gasteiger partial charge < -0.3 is 15.1 Å². The second kappa shape index (κ2) is 8.10. The third-order valence-corrected chi connectivity index (χ3v) is 4.65. The molecule has 2 aromatic rings. The molecule has 2 amide bonds. The molecule has 3 rings (SSSR count). The molecule has 0 bridgehead atoms. The van der Waals surface area contributed by atoms with Gasteiger partial charge in [-0.2, -0.15) is 0 Å². The second-order valence-corrected chi connectivity index (χ2v) is 6.53. The fraction of sp³-hybridized carbons (Fsp3) is 0.350. The number of pyridine rings is 1. The zero-order valence-electron chi connectivity index (χ0n) is 15.2. The smallest absolute Gasteiger partial charge is 0.274 e. The van der Waals surface area contributed by atoms with Gasteiger partial charge in [-0.25, -0.2) is 0 Å². The van der Waals surface area contributed by atoms with Crippen LogP contribution < -0.4 is 5.32 Å². The second-order valence-electron chi connectivity index (χ2n) is 6.53. The Bertz CT molecular complexity index is 781. The predicted molar refractivity (Wildman–Crippen MR) is 101 cm³/mol. The summed E-state index contributed by atoms with van der Waals surface area (Å²) in [6.45, 7) is 5.20. The van der Waals surface area contributed by atoms with Crippen LogP contribution in [0.15, 0.2) is 42.6 Å². The number of piperazine rings is 1. The van der Waals surface area contributed by atoms with Gasteiger partial charge in [0.05, 0.1) is 0 Å². The van der Waals surface area contributed by atoms with Crippen LogP contribution in [-0.4, -0.2) is 59.8 Å². The molecule has 136 valence electrons. The normalized spacial score (nSPS) is 14.9. The van der Waals surface area contributed by atoms with E-state index in [4.69, 9.17) is 0 Å². The van der Waals surface area contributed by atoms with Crippen LogP contribution in [0.2, 0.25) is 0 Å². The fourth-order valence-electron chi connectivity index (χ4n) is 2.90. The number of aromatic nitrogens is 1. The molecular formula is C20H24N4O2. The first-order valence-electron chi connectivity index (χ1n) is 8.91. The molecule has 0 spiro atoms. The molecule has 0 atom stereocenters. The summed E-state index contributed by atoms with van der Waals surface area (Å²) < 4.78 is 0. The lowest BCUT2D eigenvalue weighted by Gasteiger charge is -2.32. The zero-order chi connectivity index (χ0) is 18.5. The van der Waals surface area contributed by atoms with Crippen molar-refractivity contribution in [2.45, 2.75) is 13.3 Å². The van der Waals surface area contributed by atoms with E-state index in [1.165, 1.54) is 11.8 Å². The quantitative estimate of drug-likeness (QED) is 0.917. The Labute approximate surface area is 153 Å². The van der Waals surface area contributed by atoms with Gasteiger partial charge in [0, 0.05) is 43.6 Å². The Morgan fingerprint density at radius 3 is 2.42 bits per heavy atom. The van der Waals surface area contributed by atoms with Crippen LogP contribution in [0, 0.1) is 0 Å². The Morgan fingerprint density at radius 1 is 1.08 bits per heavy atom. The number of carbonyl (C=O) groups excluding carboxylic acids is 2. The summed E-state index contributed by atoms with van der Waals surface area (Å²) in [7, 11) is 2.05. The van der Waals surface area contributed by atoms with Gasteiger partial charge in [-0.05, 0) is 43.3 Å². The summed E-state index contributed by atoms with van der Waals surface area (Å²) in [4.78, 5) is 33.2. The molecule has 26 heavy (non-hydrogen) atoms. The van der Waals surface area contributed by atoms with E-state index in [0.29, 0.717) is 24.3 Å². The van der Waals surface area contributed by atoms with E-state index < -0.39 is 0 Å².